The fraction of sp³-hybridized carbons (Fsp3) is 0.727. The number of hydrogen-bond acceptors (Lipinski definition) is 4. The number of nitrogens with zero attached hydrogens (tertiary/aromatic N) is 2. The maximum Gasteiger partial charge on any atom is 0.107 e. The van der Waals surface area contributed by atoms with Gasteiger partial charge in [0.15, 0.2) is 0 Å². The molecule has 0 saturated carbocycles. The smallest absolute Gasteiger partial charge is 0.107 e. The summed E-state index contributed by atoms with van der Waals surface area (Å²) in [6, 6.07) is 0. The van der Waals surface area contributed by atoms with Crippen LogP contribution in [0.25, 0.3) is 0 Å². The summed E-state index contributed by atoms with van der Waals surface area (Å²) in [5, 5.41) is 12.9. The van der Waals surface area contributed by atoms with Crippen molar-refractivity contribution in [2.45, 2.75) is 38.8 Å². The standard InChI is InChI=1S/C11H18N2OS/c1-11(2,14)9-8-15-10(12-9)7-13-5-3-4-6-13/h8,14H,3-7H2,1-2H3. The van der Waals surface area contributed by atoms with Crippen molar-refractivity contribution in [2.75, 3.05) is 13.1 Å². The van der Waals surface area contributed by atoms with Crippen molar-refractivity contribution in [2.24, 2.45) is 0 Å². The normalized spacial score (nSPS) is 18.6. The molecular formula is C11H18N2OS. The SMILES string of the molecule is CC(C)(O)c1csc(CN2CCCC2)n1. The average molecular weight is 226 g/mol. The van der Waals surface area contributed by atoms with Crippen molar-refractivity contribution in [3.63, 3.8) is 0 Å². The van der Waals surface area contributed by atoms with Gasteiger partial charge in [-0.25, -0.2) is 4.98 Å². The zero-order valence-electron chi connectivity index (χ0n) is 9.36. The molecule has 1 N–H and O–H groups in total. The van der Waals surface area contributed by atoms with Crippen LogP contribution in [0.2, 0.25) is 0 Å². The lowest BCUT2D eigenvalue weighted by Crippen LogP contribution is -2.19. The predicted molar refractivity (Wildman–Crippen MR) is 61.9 cm³/mol. The van der Waals surface area contributed by atoms with Gasteiger partial charge in [0.05, 0.1) is 12.2 Å². The van der Waals surface area contributed by atoms with Crippen LogP contribution < -0.4 is 0 Å². The fourth-order valence-electron chi connectivity index (χ4n) is 1.80. The summed E-state index contributed by atoms with van der Waals surface area (Å²) in [6.45, 7) is 6.89. The Morgan fingerprint density at radius 2 is 2.13 bits per heavy atom. The van der Waals surface area contributed by atoms with E-state index in [0.29, 0.717) is 0 Å². The van der Waals surface area contributed by atoms with E-state index < -0.39 is 5.60 Å². The first-order valence-corrected chi connectivity index (χ1v) is 6.33. The molecule has 2 heterocycles. The minimum Gasteiger partial charge on any atom is -0.384 e. The molecule has 0 spiro atoms. The molecule has 0 unspecified atom stereocenters. The molecule has 1 fully saturated rings. The summed E-state index contributed by atoms with van der Waals surface area (Å²) in [7, 11) is 0. The van der Waals surface area contributed by atoms with Gasteiger partial charge < -0.3 is 5.11 Å². The third-order valence-corrected chi connectivity index (χ3v) is 3.57. The van der Waals surface area contributed by atoms with E-state index in [4.69, 9.17) is 0 Å². The first kappa shape index (κ1) is 11.0. The van der Waals surface area contributed by atoms with Gasteiger partial charge >= 0.3 is 0 Å². The van der Waals surface area contributed by atoms with Crippen molar-refractivity contribution in [1.29, 1.82) is 0 Å². The molecule has 0 atom stereocenters. The molecule has 0 radical (unpaired) electrons. The molecule has 0 aliphatic carbocycles. The maximum absolute atomic E-state index is 9.79. The highest BCUT2D eigenvalue weighted by Gasteiger charge is 2.20. The summed E-state index contributed by atoms with van der Waals surface area (Å²) in [5.41, 5.74) is -0.0126. The molecule has 1 aromatic heterocycles. The first-order valence-electron chi connectivity index (χ1n) is 5.45. The van der Waals surface area contributed by atoms with Crippen molar-refractivity contribution in [1.82, 2.24) is 9.88 Å². The van der Waals surface area contributed by atoms with Crippen LogP contribution in [0.3, 0.4) is 0 Å². The van der Waals surface area contributed by atoms with Crippen LogP contribution in [0.1, 0.15) is 37.4 Å². The van der Waals surface area contributed by atoms with E-state index in [1.165, 1.54) is 25.9 Å². The molecule has 1 aliphatic heterocycles. The van der Waals surface area contributed by atoms with Gasteiger partial charge in [-0.15, -0.1) is 11.3 Å². The van der Waals surface area contributed by atoms with Gasteiger partial charge in [-0.2, -0.15) is 0 Å². The summed E-state index contributed by atoms with van der Waals surface area (Å²) in [5.74, 6) is 0. The Labute approximate surface area is 94.8 Å². The molecular weight excluding hydrogens is 208 g/mol. The highest BCUT2D eigenvalue weighted by atomic mass is 32.1. The van der Waals surface area contributed by atoms with Crippen molar-refractivity contribution < 1.29 is 5.11 Å². The molecule has 0 aromatic carbocycles. The van der Waals surface area contributed by atoms with E-state index in [-0.39, 0.29) is 0 Å². The van der Waals surface area contributed by atoms with Gasteiger partial charge in [0, 0.05) is 5.38 Å². The highest BCUT2D eigenvalue weighted by molar-refractivity contribution is 7.09. The summed E-state index contributed by atoms with van der Waals surface area (Å²) in [6.07, 6.45) is 2.62. The van der Waals surface area contributed by atoms with E-state index in [9.17, 15) is 5.11 Å². The maximum atomic E-state index is 9.79. The van der Waals surface area contributed by atoms with E-state index in [2.05, 4.69) is 9.88 Å². The van der Waals surface area contributed by atoms with Crippen LogP contribution in [0.15, 0.2) is 5.38 Å². The van der Waals surface area contributed by atoms with Crippen LogP contribution in [-0.2, 0) is 12.1 Å². The van der Waals surface area contributed by atoms with Crippen molar-refractivity contribution in [3.05, 3.63) is 16.1 Å². The van der Waals surface area contributed by atoms with Crippen LogP contribution in [0, 0.1) is 0 Å². The monoisotopic (exact) mass is 226 g/mol. The minimum absolute atomic E-state index is 0.793. The third-order valence-electron chi connectivity index (χ3n) is 2.74. The van der Waals surface area contributed by atoms with Crippen molar-refractivity contribution in [3.8, 4) is 0 Å². The molecule has 15 heavy (non-hydrogen) atoms. The van der Waals surface area contributed by atoms with Crippen molar-refractivity contribution >= 4 is 11.3 Å². The van der Waals surface area contributed by atoms with Crippen LogP contribution in [0.5, 0.6) is 0 Å². The second kappa shape index (κ2) is 4.20. The van der Waals surface area contributed by atoms with E-state index in [1.54, 1.807) is 25.2 Å². The minimum atomic E-state index is -0.806. The molecule has 3 nitrogen and oxygen atoms in total. The van der Waals surface area contributed by atoms with Gasteiger partial charge in [-0.1, -0.05) is 0 Å². The second-order valence-corrected chi connectivity index (χ2v) is 5.61. The molecule has 84 valence electrons. The lowest BCUT2D eigenvalue weighted by Gasteiger charge is -2.14. The fourth-order valence-corrected chi connectivity index (χ4v) is 2.79. The van der Waals surface area contributed by atoms with Gasteiger partial charge in [0.25, 0.3) is 0 Å². The van der Waals surface area contributed by atoms with Gasteiger partial charge in [-0.05, 0) is 39.8 Å². The summed E-state index contributed by atoms with van der Waals surface area (Å²) >= 11 is 1.65. The highest BCUT2D eigenvalue weighted by Crippen LogP contribution is 2.23. The number of likely N-dealkylation sites (tertiary alicyclic amines) is 1. The van der Waals surface area contributed by atoms with E-state index in [0.717, 1.165) is 17.2 Å². The molecule has 1 aromatic rings. The Kier molecular flexibility index (Phi) is 3.09. The van der Waals surface area contributed by atoms with Gasteiger partial charge in [0.1, 0.15) is 10.6 Å². The van der Waals surface area contributed by atoms with Crippen LogP contribution >= 0.6 is 11.3 Å². The van der Waals surface area contributed by atoms with Crippen LogP contribution in [0.4, 0.5) is 0 Å². The van der Waals surface area contributed by atoms with Gasteiger partial charge in [-0.3, -0.25) is 4.90 Å². The zero-order chi connectivity index (χ0) is 10.9. The predicted octanol–water partition coefficient (Wildman–Crippen LogP) is 1.97. The first-order chi connectivity index (χ1) is 7.05. The molecule has 4 heteroatoms. The summed E-state index contributed by atoms with van der Waals surface area (Å²) < 4.78 is 0. The molecule has 0 bridgehead atoms. The Morgan fingerprint density at radius 1 is 1.47 bits per heavy atom. The Balaban J connectivity index is 2.00. The lowest BCUT2D eigenvalue weighted by atomic mass is 10.1. The molecule has 1 aliphatic rings. The number of aliphatic hydroxyl groups is 1. The third kappa shape index (κ3) is 2.77. The lowest BCUT2D eigenvalue weighted by molar-refractivity contribution is 0.0742. The van der Waals surface area contributed by atoms with E-state index >= 15 is 0 Å². The Hall–Kier alpha value is -0.450. The second-order valence-electron chi connectivity index (χ2n) is 4.67. The number of thiazole rings is 1. The van der Waals surface area contributed by atoms with Gasteiger partial charge in [0.2, 0.25) is 0 Å². The van der Waals surface area contributed by atoms with E-state index in [1.807, 2.05) is 5.38 Å². The average Bonchev–Trinajstić information content (AvgIpc) is 2.73. The Morgan fingerprint density at radius 3 is 2.67 bits per heavy atom. The number of hydrogen-bond donors (Lipinski definition) is 1. The summed E-state index contributed by atoms with van der Waals surface area (Å²) in [4.78, 5) is 6.90. The van der Waals surface area contributed by atoms with Crippen LogP contribution in [-0.4, -0.2) is 28.1 Å². The molecule has 2 rings (SSSR count). The topological polar surface area (TPSA) is 36.4 Å². The quantitative estimate of drug-likeness (QED) is 0.856. The molecule has 0 amide bonds. The number of rotatable bonds is 3. The zero-order valence-corrected chi connectivity index (χ0v) is 10.2. The molecule has 1 saturated heterocycles. The largest absolute Gasteiger partial charge is 0.384 e. The Bertz CT molecular complexity index is 324. The number of aromatic nitrogens is 1.